The minimum atomic E-state index is -1.48. The molecule has 132 valence electrons. The first-order valence-electron chi connectivity index (χ1n) is 7.97. The highest BCUT2D eigenvalue weighted by Gasteiger charge is 2.58. The van der Waals surface area contributed by atoms with Gasteiger partial charge in [0.15, 0.2) is 0 Å². The Balaban J connectivity index is 1.84. The molecule has 0 saturated carbocycles. The van der Waals surface area contributed by atoms with Crippen molar-refractivity contribution in [2.75, 3.05) is 6.61 Å². The summed E-state index contributed by atoms with van der Waals surface area (Å²) >= 11 is 0. The zero-order chi connectivity index (χ0) is 18.6. The van der Waals surface area contributed by atoms with Gasteiger partial charge < -0.3 is 9.47 Å². The standard InChI is InChI=1S/C18H19NO6/c1-10(15(22)25-18(4)16(23)24-9-17(18,2)3)19-13(20)11-7-5-6-8-12(11)14(19)21/h5-8,10H,9H2,1-4H3/t10-,18+/m0/s1. The lowest BCUT2D eigenvalue weighted by molar-refractivity contribution is -0.179. The zero-order valence-corrected chi connectivity index (χ0v) is 14.5. The van der Waals surface area contributed by atoms with E-state index in [1.807, 2.05) is 0 Å². The molecule has 0 aliphatic carbocycles. The number of nitrogens with zero attached hydrogens (tertiary/aromatic N) is 1. The van der Waals surface area contributed by atoms with Crippen LogP contribution in [-0.4, -0.2) is 46.9 Å². The van der Waals surface area contributed by atoms with Gasteiger partial charge in [0.05, 0.1) is 11.1 Å². The second-order valence-electron chi connectivity index (χ2n) is 7.12. The van der Waals surface area contributed by atoms with Gasteiger partial charge in [0, 0.05) is 5.41 Å². The van der Waals surface area contributed by atoms with Crippen molar-refractivity contribution >= 4 is 23.8 Å². The first-order chi connectivity index (χ1) is 11.6. The Kier molecular flexibility index (Phi) is 3.70. The number of hydrogen-bond donors (Lipinski definition) is 0. The summed E-state index contributed by atoms with van der Waals surface area (Å²) in [5, 5.41) is 0. The van der Waals surface area contributed by atoms with Crippen molar-refractivity contribution in [2.45, 2.75) is 39.3 Å². The summed E-state index contributed by atoms with van der Waals surface area (Å²) in [7, 11) is 0. The van der Waals surface area contributed by atoms with Crippen molar-refractivity contribution in [3.63, 3.8) is 0 Å². The van der Waals surface area contributed by atoms with E-state index in [4.69, 9.17) is 9.47 Å². The van der Waals surface area contributed by atoms with Crippen LogP contribution in [0.4, 0.5) is 0 Å². The molecule has 2 atom stereocenters. The molecular formula is C18H19NO6. The van der Waals surface area contributed by atoms with Gasteiger partial charge in [-0.15, -0.1) is 0 Å². The second kappa shape index (κ2) is 5.40. The summed E-state index contributed by atoms with van der Waals surface area (Å²) in [6.45, 7) is 6.50. The summed E-state index contributed by atoms with van der Waals surface area (Å²) in [6.07, 6.45) is 0. The molecule has 1 fully saturated rings. The fourth-order valence-electron chi connectivity index (χ4n) is 2.93. The summed E-state index contributed by atoms with van der Waals surface area (Å²) in [4.78, 5) is 50.4. The first-order valence-corrected chi connectivity index (χ1v) is 7.97. The lowest BCUT2D eigenvalue weighted by atomic mass is 9.78. The first kappa shape index (κ1) is 17.1. The van der Waals surface area contributed by atoms with Gasteiger partial charge >= 0.3 is 11.9 Å². The highest BCUT2D eigenvalue weighted by molar-refractivity contribution is 6.22. The summed E-state index contributed by atoms with van der Waals surface area (Å²) in [5.41, 5.74) is -1.70. The molecule has 0 spiro atoms. The maximum atomic E-state index is 12.6. The molecule has 0 N–H and O–H groups in total. The molecule has 1 saturated heterocycles. The Morgan fingerprint density at radius 1 is 1.12 bits per heavy atom. The number of hydrogen-bond acceptors (Lipinski definition) is 6. The van der Waals surface area contributed by atoms with E-state index < -0.39 is 40.8 Å². The van der Waals surface area contributed by atoms with Crippen LogP contribution in [0.25, 0.3) is 0 Å². The smallest absolute Gasteiger partial charge is 0.351 e. The van der Waals surface area contributed by atoms with Gasteiger partial charge in [-0.2, -0.15) is 0 Å². The van der Waals surface area contributed by atoms with Crippen molar-refractivity contribution in [1.29, 1.82) is 0 Å². The number of fused-ring (bicyclic) bond motifs is 1. The van der Waals surface area contributed by atoms with Crippen molar-refractivity contribution in [1.82, 2.24) is 4.90 Å². The molecule has 2 aliphatic heterocycles. The summed E-state index contributed by atoms with van der Waals surface area (Å²) < 4.78 is 10.5. The van der Waals surface area contributed by atoms with E-state index in [1.165, 1.54) is 26.0 Å². The summed E-state index contributed by atoms with van der Waals surface area (Å²) in [5.74, 6) is -2.57. The Labute approximate surface area is 144 Å². The van der Waals surface area contributed by atoms with E-state index in [2.05, 4.69) is 0 Å². The van der Waals surface area contributed by atoms with Crippen molar-refractivity contribution in [3.8, 4) is 0 Å². The molecule has 2 heterocycles. The van der Waals surface area contributed by atoms with E-state index in [9.17, 15) is 19.2 Å². The molecule has 7 nitrogen and oxygen atoms in total. The molecule has 2 aliphatic rings. The van der Waals surface area contributed by atoms with E-state index in [1.54, 1.807) is 26.0 Å². The molecule has 25 heavy (non-hydrogen) atoms. The number of amides is 2. The number of benzene rings is 1. The topological polar surface area (TPSA) is 90.0 Å². The van der Waals surface area contributed by atoms with Crippen LogP contribution in [0.3, 0.4) is 0 Å². The number of rotatable bonds is 3. The van der Waals surface area contributed by atoms with Crippen LogP contribution in [0.5, 0.6) is 0 Å². The third-order valence-corrected chi connectivity index (χ3v) is 5.10. The molecule has 0 bridgehead atoms. The number of esters is 2. The zero-order valence-electron chi connectivity index (χ0n) is 14.5. The molecule has 1 aromatic carbocycles. The van der Waals surface area contributed by atoms with Crippen molar-refractivity contribution in [3.05, 3.63) is 35.4 Å². The predicted octanol–water partition coefficient (Wildman–Crippen LogP) is 1.56. The maximum Gasteiger partial charge on any atom is 0.351 e. The number of cyclic esters (lactones) is 1. The highest BCUT2D eigenvalue weighted by Crippen LogP contribution is 2.41. The van der Waals surface area contributed by atoms with Crippen molar-refractivity contribution < 1.29 is 28.7 Å². The van der Waals surface area contributed by atoms with E-state index >= 15 is 0 Å². The van der Waals surface area contributed by atoms with E-state index in [0.717, 1.165) is 4.90 Å². The quantitative estimate of drug-likeness (QED) is 0.610. The lowest BCUT2D eigenvalue weighted by Gasteiger charge is -2.34. The molecule has 1 aromatic rings. The van der Waals surface area contributed by atoms with E-state index in [-0.39, 0.29) is 17.7 Å². The minimum absolute atomic E-state index is 0.122. The molecule has 3 rings (SSSR count). The fourth-order valence-corrected chi connectivity index (χ4v) is 2.93. The minimum Gasteiger partial charge on any atom is -0.462 e. The molecule has 0 aromatic heterocycles. The fraction of sp³-hybridized carbons (Fsp3) is 0.444. The molecule has 2 amide bonds. The van der Waals surface area contributed by atoms with Gasteiger partial charge in [-0.25, -0.2) is 9.59 Å². The average molecular weight is 345 g/mol. The Hall–Kier alpha value is -2.70. The molecular weight excluding hydrogens is 326 g/mol. The van der Waals surface area contributed by atoms with Gasteiger partial charge in [0.1, 0.15) is 12.6 Å². The monoisotopic (exact) mass is 345 g/mol. The normalized spacial score (nSPS) is 25.6. The van der Waals surface area contributed by atoms with Gasteiger partial charge in [0.2, 0.25) is 5.60 Å². The number of carbonyl (C=O) groups is 4. The molecule has 0 radical (unpaired) electrons. The Bertz CT molecular complexity index is 764. The largest absolute Gasteiger partial charge is 0.462 e. The maximum absolute atomic E-state index is 12.6. The molecule has 0 unspecified atom stereocenters. The summed E-state index contributed by atoms with van der Waals surface area (Å²) in [6, 6.07) is 5.20. The number of imide groups is 1. The SMILES string of the molecule is C[C@@H](C(=O)O[C@]1(C)C(=O)OCC1(C)C)N1C(=O)c2ccccc2C1=O. The predicted molar refractivity (Wildman–Crippen MR) is 85.6 cm³/mol. The van der Waals surface area contributed by atoms with E-state index in [0.29, 0.717) is 0 Å². The van der Waals surface area contributed by atoms with Crippen LogP contribution in [-0.2, 0) is 19.1 Å². The van der Waals surface area contributed by atoms with Gasteiger partial charge in [0.25, 0.3) is 11.8 Å². The van der Waals surface area contributed by atoms with Crippen LogP contribution >= 0.6 is 0 Å². The third kappa shape index (κ3) is 2.33. The van der Waals surface area contributed by atoms with Crippen molar-refractivity contribution in [2.24, 2.45) is 5.41 Å². The third-order valence-electron chi connectivity index (χ3n) is 5.10. The lowest BCUT2D eigenvalue weighted by Crippen LogP contribution is -2.52. The van der Waals surface area contributed by atoms with Crippen LogP contribution in [0, 0.1) is 5.41 Å². The van der Waals surface area contributed by atoms with Crippen LogP contribution in [0.15, 0.2) is 24.3 Å². The molecule has 7 heteroatoms. The second-order valence-corrected chi connectivity index (χ2v) is 7.12. The number of carbonyl (C=O) groups excluding carboxylic acids is 4. The van der Waals surface area contributed by atoms with Gasteiger partial charge in [-0.1, -0.05) is 26.0 Å². The van der Waals surface area contributed by atoms with Crippen LogP contribution in [0.2, 0.25) is 0 Å². The highest BCUT2D eigenvalue weighted by atomic mass is 16.6. The van der Waals surface area contributed by atoms with Gasteiger partial charge in [-0.3, -0.25) is 14.5 Å². The Morgan fingerprint density at radius 2 is 1.64 bits per heavy atom. The van der Waals surface area contributed by atoms with Crippen LogP contribution < -0.4 is 0 Å². The average Bonchev–Trinajstić information content (AvgIpc) is 2.93. The van der Waals surface area contributed by atoms with Crippen LogP contribution in [0.1, 0.15) is 48.4 Å². The number of ether oxygens (including phenoxy) is 2. The van der Waals surface area contributed by atoms with Gasteiger partial charge in [-0.05, 0) is 26.0 Å². The Morgan fingerprint density at radius 3 is 2.08 bits per heavy atom.